The van der Waals surface area contributed by atoms with Crippen LogP contribution in [0.5, 0.6) is 0 Å². The monoisotopic (exact) mass is 282 g/mol. The van der Waals surface area contributed by atoms with Gasteiger partial charge in [-0.3, -0.25) is 11.3 Å². The van der Waals surface area contributed by atoms with Crippen LogP contribution < -0.4 is 11.3 Å². The second-order valence-electron chi connectivity index (χ2n) is 5.80. The van der Waals surface area contributed by atoms with E-state index in [0.29, 0.717) is 11.8 Å². The van der Waals surface area contributed by atoms with E-state index >= 15 is 0 Å². The van der Waals surface area contributed by atoms with Crippen LogP contribution in [0.3, 0.4) is 0 Å². The van der Waals surface area contributed by atoms with Crippen LogP contribution in [0, 0.1) is 12.8 Å². The van der Waals surface area contributed by atoms with E-state index in [-0.39, 0.29) is 6.04 Å². The molecule has 3 N–H and O–H groups in total. The minimum atomic E-state index is 0.152. The van der Waals surface area contributed by atoms with Gasteiger partial charge in [-0.25, -0.2) is 0 Å². The number of nitrogens with zero attached hydrogens (tertiary/aromatic N) is 2. The molecule has 0 radical (unpaired) electrons. The maximum Gasteiger partial charge on any atom is 0.0676 e. The summed E-state index contributed by atoms with van der Waals surface area (Å²) in [7, 11) is 0. The average molecular weight is 282 g/mol. The summed E-state index contributed by atoms with van der Waals surface area (Å²) in [6, 6.07) is 12.9. The molecule has 21 heavy (non-hydrogen) atoms. The quantitative estimate of drug-likeness (QED) is 0.653. The molecule has 1 aliphatic carbocycles. The lowest BCUT2D eigenvalue weighted by Gasteiger charge is -2.19. The highest BCUT2D eigenvalue weighted by molar-refractivity contribution is 5.32. The molecule has 0 aliphatic heterocycles. The Morgan fingerprint density at radius 1 is 1.29 bits per heavy atom. The van der Waals surface area contributed by atoms with E-state index in [4.69, 9.17) is 5.84 Å². The van der Waals surface area contributed by atoms with E-state index in [1.807, 2.05) is 6.92 Å². The lowest BCUT2D eigenvalue weighted by molar-refractivity contribution is 0.480. The van der Waals surface area contributed by atoms with Gasteiger partial charge in [-0.1, -0.05) is 37.3 Å². The molecule has 0 amide bonds. The first-order chi connectivity index (χ1) is 10.2. The lowest BCUT2D eigenvalue weighted by Crippen LogP contribution is -2.31. The Morgan fingerprint density at radius 2 is 2.05 bits per heavy atom. The zero-order valence-electron chi connectivity index (χ0n) is 12.6. The van der Waals surface area contributed by atoms with Gasteiger partial charge in [-0.15, -0.1) is 0 Å². The van der Waals surface area contributed by atoms with E-state index in [1.54, 1.807) is 0 Å². The number of hydrazine groups is 1. The smallest absolute Gasteiger partial charge is 0.0676 e. The van der Waals surface area contributed by atoms with Gasteiger partial charge in [0.1, 0.15) is 0 Å². The van der Waals surface area contributed by atoms with Crippen LogP contribution >= 0.6 is 0 Å². The summed E-state index contributed by atoms with van der Waals surface area (Å²) in [5, 5.41) is 8.49. The highest BCUT2D eigenvalue weighted by Gasteiger charge is 2.44. The fraction of sp³-hybridized carbons (Fsp3) is 0.412. The normalized spacial score (nSPS) is 22.0. The lowest BCUT2D eigenvalue weighted by atomic mass is 9.97. The molecule has 0 spiro atoms. The first-order valence-electron chi connectivity index (χ1n) is 7.58. The molecule has 4 nitrogen and oxygen atoms in total. The van der Waals surface area contributed by atoms with Crippen molar-refractivity contribution in [2.75, 3.05) is 0 Å². The molecule has 1 fully saturated rings. The van der Waals surface area contributed by atoms with Gasteiger partial charge in [0.2, 0.25) is 0 Å². The number of aryl methyl sites for hydroxylation is 2. The summed E-state index contributed by atoms with van der Waals surface area (Å²) in [6.45, 7) is 4.09. The fourth-order valence-corrected chi connectivity index (χ4v) is 3.19. The summed E-state index contributed by atoms with van der Waals surface area (Å²) in [4.78, 5) is 0. The Labute approximate surface area is 125 Å². The van der Waals surface area contributed by atoms with Crippen molar-refractivity contribution in [2.24, 2.45) is 11.8 Å². The molecule has 110 valence electrons. The molecule has 3 unspecified atom stereocenters. The van der Waals surface area contributed by atoms with Crippen molar-refractivity contribution in [3.8, 4) is 0 Å². The van der Waals surface area contributed by atoms with Crippen molar-refractivity contribution in [1.82, 2.24) is 15.6 Å². The zero-order valence-corrected chi connectivity index (χ0v) is 12.6. The Hall–Kier alpha value is -1.78. The van der Waals surface area contributed by atoms with Crippen molar-refractivity contribution in [1.29, 1.82) is 0 Å². The van der Waals surface area contributed by atoms with Gasteiger partial charge >= 0.3 is 0 Å². The molecule has 1 aliphatic rings. The predicted molar refractivity (Wildman–Crippen MR) is 83.5 cm³/mol. The maximum absolute atomic E-state index is 5.86. The molecule has 1 aromatic heterocycles. The molecule has 4 heteroatoms. The third kappa shape index (κ3) is 2.82. The van der Waals surface area contributed by atoms with Gasteiger partial charge < -0.3 is 0 Å². The minimum Gasteiger partial charge on any atom is -0.271 e. The number of benzene rings is 1. The summed E-state index contributed by atoms with van der Waals surface area (Å²) in [6.07, 6.45) is 2.05. The molecule has 2 aromatic rings. The molecule has 3 rings (SSSR count). The summed E-state index contributed by atoms with van der Waals surface area (Å²) >= 11 is 0. The summed E-state index contributed by atoms with van der Waals surface area (Å²) < 4.78 is 0. The van der Waals surface area contributed by atoms with Crippen LogP contribution in [0.4, 0.5) is 0 Å². The van der Waals surface area contributed by atoms with Gasteiger partial charge in [-0.2, -0.15) is 10.2 Å². The number of nitrogens with one attached hydrogen (secondary N) is 1. The summed E-state index contributed by atoms with van der Waals surface area (Å²) in [5.41, 5.74) is 7.61. The maximum atomic E-state index is 5.86. The fourth-order valence-electron chi connectivity index (χ4n) is 3.19. The molecule has 3 atom stereocenters. The number of aromatic nitrogens is 2. The standard InChI is InChI=1S/C17H22N4/c1-3-16-15(9-11(2)20-21-16)17(19-18)14-10-13(14)12-7-5-4-6-8-12/h4-9,13-14,17,19H,3,10,18H2,1-2H3. The van der Waals surface area contributed by atoms with Gasteiger partial charge in [0.15, 0.2) is 0 Å². The van der Waals surface area contributed by atoms with Crippen LogP contribution in [0.1, 0.15) is 47.8 Å². The Balaban J connectivity index is 1.86. The number of nitrogens with two attached hydrogens (primary N) is 1. The Bertz CT molecular complexity index is 611. The predicted octanol–water partition coefficient (Wildman–Crippen LogP) is 2.66. The SMILES string of the molecule is CCc1nnc(C)cc1C(NN)C1CC1c1ccccc1. The molecular formula is C17H22N4. The largest absolute Gasteiger partial charge is 0.271 e. The van der Waals surface area contributed by atoms with Crippen LogP contribution in [-0.2, 0) is 6.42 Å². The molecule has 1 saturated carbocycles. The van der Waals surface area contributed by atoms with E-state index < -0.39 is 0 Å². The van der Waals surface area contributed by atoms with Crippen LogP contribution in [0.2, 0.25) is 0 Å². The van der Waals surface area contributed by atoms with Crippen LogP contribution in [0.15, 0.2) is 36.4 Å². The molecule has 1 heterocycles. The van der Waals surface area contributed by atoms with Crippen LogP contribution in [0.25, 0.3) is 0 Å². The van der Waals surface area contributed by atoms with Gasteiger partial charge in [0, 0.05) is 0 Å². The third-order valence-electron chi connectivity index (χ3n) is 4.37. The minimum absolute atomic E-state index is 0.152. The second-order valence-corrected chi connectivity index (χ2v) is 5.80. The topological polar surface area (TPSA) is 63.8 Å². The molecule has 1 aromatic carbocycles. The summed E-state index contributed by atoms with van der Waals surface area (Å²) in [5.74, 6) is 6.98. The van der Waals surface area contributed by atoms with Gasteiger partial charge in [0.25, 0.3) is 0 Å². The van der Waals surface area contributed by atoms with E-state index in [0.717, 1.165) is 17.8 Å². The number of rotatable bonds is 5. The van der Waals surface area contributed by atoms with E-state index in [9.17, 15) is 0 Å². The average Bonchev–Trinajstić information content (AvgIpc) is 3.30. The third-order valence-corrected chi connectivity index (χ3v) is 4.37. The van der Waals surface area contributed by atoms with Gasteiger partial charge in [0.05, 0.1) is 17.4 Å². The van der Waals surface area contributed by atoms with Crippen molar-refractivity contribution in [3.05, 3.63) is 58.9 Å². The van der Waals surface area contributed by atoms with Crippen molar-refractivity contribution in [3.63, 3.8) is 0 Å². The van der Waals surface area contributed by atoms with Crippen molar-refractivity contribution in [2.45, 2.75) is 38.6 Å². The second kappa shape index (κ2) is 5.92. The van der Waals surface area contributed by atoms with Crippen molar-refractivity contribution >= 4 is 0 Å². The number of hydrogen-bond acceptors (Lipinski definition) is 4. The molecule has 0 saturated heterocycles. The first-order valence-corrected chi connectivity index (χ1v) is 7.58. The van der Waals surface area contributed by atoms with Gasteiger partial charge in [-0.05, 0) is 48.8 Å². The van der Waals surface area contributed by atoms with Crippen molar-refractivity contribution < 1.29 is 0 Å². The Kier molecular flexibility index (Phi) is 3.99. The zero-order chi connectivity index (χ0) is 14.8. The van der Waals surface area contributed by atoms with E-state index in [2.05, 4.69) is 58.9 Å². The van der Waals surface area contributed by atoms with E-state index in [1.165, 1.54) is 17.5 Å². The Morgan fingerprint density at radius 3 is 2.71 bits per heavy atom. The van der Waals surface area contributed by atoms with Crippen LogP contribution in [-0.4, -0.2) is 10.2 Å². The number of hydrogen-bond donors (Lipinski definition) is 2. The first kappa shape index (κ1) is 14.2. The molecule has 0 bridgehead atoms. The molecular weight excluding hydrogens is 260 g/mol. The highest BCUT2D eigenvalue weighted by Crippen LogP contribution is 2.54. The highest BCUT2D eigenvalue weighted by atomic mass is 15.2.